The quantitative estimate of drug-likeness (QED) is 0.865. The van der Waals surface area contributed by atoms with Gasteiger partial charge in [0.1, 0.15) is 5.01 Å². The Morgan fingerprint density at radius 1 is 1.35 bits per heavy atom. The first-order chi connectivity index (χ1) is 8.25. The van der Waals surface area contributed by atoms with E-state index in [1.165, 1.54) is 4.88 Å². The molecule has 1 atom stereocenters. The van der Waals surface area contributed by atoms with Crippen molar-refractivity contribution in [3.05, 3.63) is 39.3 Å². The van der Waals surface area contributed by atoms with Gasteiger partial charge in [-0.15, -0.1) is 11.3 Å². The van der Waals surface area contributed by atoms with Crippen molar-refractivity contribution in [2.45, 2.75) is 25.4 Å². The van der Waals surface area contributed by atoms with Gasteiger partial charge in [-0.2, -0.15) is 0 Å². The fourth-order valence-corrected chi connectivity index (χ4v) is 3.95. The molecule has 0 saturated carbocycles. The Labute approximate surface area is 112 Å². The van der Waals surface area contributed by atoms with E-state index in [-0.39, 0.29) is 6.10 Å². The van der Waals surface area contributed by atoms with Crippen LogP contribution in [0.3, 0.4) is 0 Å². The lowest BCUT2D eigenvalue weighted by atomic mass is 10.0. The SMILES string of the molecule is OC1CCCc2sc(-c3ccccc3Br)nc21. The standard InChI is InChI=1S/C13H12BrNOS/c14-9-5-2-1-4-8(9)13-15-12-10(16)6-3-7-11(12)17-13/h1-2,4-5,10,16H,3,6-7H2. The molecule has 0 saturated heterocycles. The number of nitrogens with zero attached hydrogens (tertiary/aromatic N) is 1. The largest absolute Gasteiger partial charge is 0.387 e. The van der Waals surface area contributed by atoms with Crippen LogP contribution in [0.25, 0.3) is 10.6 Å². The molecule has 0 amide bonds. The van der Waals surface area contributed by atoms with E-state index < -0.39 is 0 Å². The molecule has 1 unspecified atom stereocenters. The fraction of sp³-hybridized carbons (Fsp3) is 0.308. The highest BCUT2D eigenvalue weighted by molar-refractivity contribution is 9.10. The number of benzene rings is 1. The number of halogens is 1. The number of hydrogen-bond acceptors (Lipinski definition) is 3. The van der Waals surface area contributed by atoms with E-state index in [4.69, 9.17) is 0 Å². The van der Waals surface area contributed by atoms with E-state index in [0.717, 1.165) is 40.0 Å². The van der Waals surface area contributed by atoms with Crippen LogP contribution >= 0.6 is 27.3 Å². The van der Waals surface area contributed by atoms with Gasteiger partial charge in [0, 0.05) is 14.9 Å². The van der Waals surface area contributed by atoms with Gasteiger partial charge in [-0.3, -0.25) is 0 Å². The third-order valence-corrected chi connectivity index (χ3v) is 4.88. The molecular formula is C13H12BrNOS. The average molecular weight is 310 g/mol. The van der Waals surface area contributed by atoms with Crippen molar-refractivity contribution in [2.75, 3.05) is 0 Å². The summed E-state index contributed by atoms with van der Waals surface area (Å²) in [6.07, 6.45) is 2.58. The van der Waals surface area contributed by atoms with Crippen molar-refractivity contribution in [3.63, 3.8) is 0 Å². The summed E-state index contributed by atoms with van der Waals surface area (Å²) in [6, 6.07) is 8.08. The predicted molar refractivity (Wildman–Crippen MR) is 73.1 cm³/mol. The van der Waals surface area contributed by atoms with Crippen molar-refractivity contribution in [1.29, 1.82) is 0 Å². The second kappa shape index (κ2) is 4.52. The summed E-state index contributed by atoms with van der Waals surface area (Å²) >= 11 is 5.25. The van der Waals surface area contributed by atoms with Crippen LogP contribution < -0.4 is 0 Å². The second-order valence-corrected chi connectivity index (χ2v) is 6.15. The molecule has 4 heteroatoms. The van der Waals surface area contributed by atoms with Gasteiger partial charge >= 0.3 is 0 Å². The molecule has 2 nitrogen and oxygen atoms in total. The van der Waals surface area contributed by atoms with Crippen molar-refractivity contribution < 1.29 is 5.11 Å². The summed E-state index contributed by atoms with van der Waals surface area (Å²) in [5.74, 6) is 0. The molecule has 1 aliphatic carbocycles. The number of aliphatic hydroxyl groups is 1. The van der Waals surface area contributed by atoms with Gasteiger partial charge in [-0.05, 0) is 25.3 Å². The first-order valence-corrected chi connectivity index (χ1v) is 7.29. The molecule has 2 aromatic rings. The summed E-state index contributed by atoms with van der Waals surface area (Å²) in [4.78, 5) is 5.85. The molecular weight excluding hydrogens is 298 g/mol. The lowest BCUT2D eigenvalue weighted by Gasteiger charge is -2.14. The number of rotatable bonds is 1. The van der Waals surface area contributed by atoms with Crippen LogP contribution in [0.4, 0.5) is 0 Å². The number of thiazole rings is 1. The van der Waals surface area contributed by atoms with Crippen molar-refractivity contribution in [2.24, 2.45) is 0 Å². The Morgan fingerprint density at radius 2 is 2.18 bits per heavy atom. The van der Waals surface area contributed by atoms with Gasteiger partial charge < -0.3 is 5.11 Å². The highest BCUT2D eigenvalue weighted by atomic mass is 79.9. The fourth-order valence-electron chi connectivity index (χ4n) is 2.15. The van der Waals surface area contributed by atoms with Crippen LogP contribution in [0.5, 0.6) is 0 Å². The Balaban J connectivity index is 2.08. The summed E-state index contributed by atoms with van der Waals surface area (Å²) in [7, 11) is 0. The third-order valence-electron chi connectivity index (χ3n) is 3.03. The molecule has 1 aliphatic rings. The first kappa shape index (κ1) is 11.4. The number of aryl methyl sites for hydroxylation is 1. The van der Waals surface area contributed by atoms with Crippen LogP contribution in [0, 0.1) is 0 Å². The molecule has 1 heterocycles. The lowest BCUT2D eigenvalue weighted by Crippen LogP contribution is -2.07. The van der Waals surface area contributed by atoms with E-state index in [1.54, 1.807) is 11.3 Å². The zero-order valence-electron chi connectivity index (χ0n) is 9.19. The minimum Gasteiger partial charge on any atom is -0.387 e. The maximum absolute atomic E-state index is 9.92. The topological polar surface area (TPSA) is 33.1 Å². The first-order valence-electron chi connectivity index (χ1n) is 5.68. The minimum absolute atomic E-state index is 0.369. The van der Waals surface area contributed by atoms with Gasteiger partial charge in [0.25, 0.3) is 0 Å². The molecule has 1 N–H and O–H groups in total. The number of hydrogen-bond donors (Lipinski definition) is 1. The van der Waals surface area contributed by atoms with E-state index in [0.29, 0.717) is 0 Å². The van der Waals surface area contributed by atoms with Gasteiger partial charge in [0.2, 0.25) is 0 Å². The molecule has 0 bridgehead atoms. The number of fused-ring (bicyclic) bond motifs is 1. The molecule has 1 aromatic carbocycles. The maximum atomic E-state index is 9.92. The van der Waals surface area contributed by atoms with Crippen LogP contribution in [-0.2, 0) is 6.42 Å². The normalized spacial score (nSPS) is 19.1. The highest BCUT2D eigenvalue weighted by Gasteiger charge is 2.23. The Kier molecular flexibility index (Phi) is 3.03. The molecule has 0 fully saturated rings. The Morgan fingerprint density at radius 3 is 2.94 bits per heavy atom. The van der Waals surface area contributed by atoms with E-state index in [9.17, 15) is 5.11 Å². The lowest BCUT2D eigenvalue weighted by molar-refractivity contribution is 0.153. The van der Waals surface area contributed by atoms with Crippen LogP contribution in [0.2, 0.25) is 0 Å². The predicted octanol–water partition coefficient (Wildman–Crippen LogP) is 3.94. The monoisotopic (exact) mass is 309 g/mol. The van der Waals surface area contributed by atoms with E-state index in [1.807, 2.05) is 18.2 Å². The molecule has 0 spiro atoms. The Hall–Kier alpha value is -0.710. The summed E-state index contributed by atoms with van der Waals surface area (Å²) in [5.41, 5.74) is 2.01. The van der Waals surface area contributed by atoms with Crippen LogP contribution in [-0.4, -0.2) is 10.1 Å². The summed E-state index contributed by atoms with van der Waals surface area (Å²) in [6.45, 7) is 0. The van der Waals surface area contributed by atoms with Gasteiger partial charge in [-0.25, -0.2) is 4.98 Å². The zero-order valence-corrected chi connectivity index (χ0v) is 11.6. The minimum atomic E-state index is -0.369. The van der Waals surface area contributed by atoms with Crippen LogP contribution in [0.15, 0.2) is 28.7 Å². The second-order valence-electron chi connectivity index (χ2n) is 4.22. The third kappa shape index (κ3) is 2.05. The van der Waals surface area contributed by atoms with Crippen LogP contribution in [0.1, 0.15) is 29.5 Å². The molecule has 17 heavy (non-hydrogen) atoms. The molecule has 0 radical (unpaired) electrons. The summed E-state index contributed by atoms with van der Waals surface area (Å²) in [5, 5.41) is 10.9. The van der Waals surface area contributed by atoms with Gasteiger partial charge in [-0.1, -0.05) is 34.1 Å². The smallest absolute Gasteiger partial charge is 0.125 e. The van der Waals surface area contributed by atoms with E-state index in [2.05, 4.69) is 27.0 Å². The zero-order chi connectivity index (χ0) is 11.8. The van der Waals surface area contributed by atoms with Crippen molar-refractivity contribution >= 4 is 27.3 Å². The van der Waals surface area contributed by atoms with Gasteiger partial charge in [0.05, 0.1) is 11.8 Å². The van der Waals surface area contributed by atoms with E-state index >= 15 is 0 Å². The van der Waals surface area contributed by atoms with Crippen molar-refractivity contribution in [1.82, 2.24) is 4.98 Å². The number of aromatic nitrogens is 1. The molecule has 88 valence electrons. The highest BCUT2D eigenvalue weighted by Crippen LogP contribution is 2.38. The van der Waals surface area contributed by atoms with Crippen molar-refractivity contribution in [3.8, 4) is 10.6 Å². The average Bonchev–Trinajstić information content (AvgIpc) is 2.75. The maximum Gasteiger partial charge on any atom is 0.125 e. The molecule has 0 aliphatic heterocycles. The molecule has 3 rings (SSSR count). The summed E-state index contributed by atoms with van der Waals surface area (Å²) < 4.78 is 1.06. The Bertz CT molecular complexity index is 552. The molecule has 1 aromatic heterocycles. The number of aliphatic hydroxyl groups excluding tert-OH is 1. The van der Waals surface area contributed by atoms with Gasteiger partial charge in [0.15, 0.2) is 0 Å².